The third-order valence-corrected chi connectivity index (χ3v) is 4.39. The maximum atomic E-state index is 4.59. The highest BCUT2D eigenvalue weighted by Crippen LogP contribution is 2.25. The SMILES string of the molecule is c1cn2nc(-c3ccn4nc(NC5CCC5)ncc34)ccc2n1. The summed E-state index contributed by atoms with van der Waals surface area (Å²) in [6.45, 7) is 0. The van der Waals surface area contributed by atoms with Crippen LogP contribution in [0.1, 0.15) is 19.3 Å². The van der Waals surface area contributed by atoms with Crippen molar-refractivity contribution in [3.8, 4) is 11.3 Å². The number of nitrogens with zero attached hydrogens (tertiary/aromatic N) is 6. The van der Waals surface area contributed by atoms with Crippen LogP contribution in [0, 0.1) is 0 Å². The number of nitrogens with one attached hydrogen (secondary N) is 1. The van der Waals surface area contributed by atoms with E-state index in [4.69, 9.17) is 0 Å². The number of fused-ring (bicyclic) bond motifs is 2. The Morgan fingerprint density at radius 2 is 1.96 bits per heavy atom. The van der Waals surface area contributed by atoms with Gasteiger partial charge in [-0.05, 0) is 37.5 Å². The molecule has 0 aliphatic heterocycles. The van der Waals surface area contributed by atoms with E-state index >= 15 is 0 Å². The van der Waals surface area contributed by atoms with Gasteiger partial charge in [-0.3, -0.25) is 0 Å². The Balaban J connectivity index is 1.55. The highest BCUT2D eigenvalue weighted by atomic mass is 15.3. The zero-order chi connectivity index (χ0) is 15.2. The van der Waals surface area contributed by atoms with E-state index in [-0.39, 0.29) is 0 Å². The Hall–Kier alpha value is -2.96. The van der Waals surface area contributed by atoms with Crippen LogP contribution in [-0.2, 0) is 0 Å². The lowest BCUT2D eigenvalue weighted by Crippen LogP contribution is -2.28. The van der Waals surface area contributed by atoms with Gasteiger partial charge in [0.1, 0.15) is 0 Å². The fraction of sp³-hybridized carbons (Fsp3) is 0.250. The van der Waals surface area contributed by atoms with E-state index < -0.39 is 0 Å². The fourth-order valence-electron chi connectivity index (χ4n) is 2.88. The van der Waals surface area contributed by atoms with Gasteiger partial charge in [0.15, 0.2) is 5.65 Å². The summed E-state index contributed by atoms with van der Waals surface area (Å²) >= 11 is 0. The average molecular weight is 305 g/mol. The topological polar surface area (TPSA) is 72.4 Å². The lowest BCUT2D eigenvalue weighted by Gasteiger charge is -2.26. The first-order chi connectivity index (χ1) is 11.4. The lowest BCUT2D eigenvalue weighted by atomic mass is 9.93. The minimum absolute atomic E-state index is 0.521. The van der Waals surface area contributed by atoms with Gasteiger partial charge in [0.25, 0.3) is 0 Å². The van der Waals surface area contributed by atoms with E-state index in [0.29, 0.717) is 12.0 Å². The molecule has 114 valence electrons. The van der Waals surface area contributed by atoms with Gasteiger partial charge in [0.2, 0.25) is 5.95 Å². The van der Waals surface area contributed by atoms with Crippen LogP contribution in [-0.4, -0.2) is 35.2 Å². The van der Waals surface area contributed by atoms with Gasteiger partial charge in [0.05, 0.1) is 17.4 Å². The molecule has 7 nitrogen and oxygen atoms in total. The smallest absolute Gasteiger partial charge is 0.241 e. The van der Waals surface area contributed by atoms with Crippen LogP contribution in [0.25, 0.3) is 22.4 Å². The summed E-state index contributed by atoms with van der Waals surface area (Å²) in [5.41, 5.74) is 3.66. The molecule has 23 heavy (non-hydrogen) atoms. The van der Waals surface area contributed by atoms with Crippen molar-refractivity contribution in [3.05, 3.63) is 43.0 Å². The first-order valence-electron chi connectivity index (χ1n) is 7.78. The Morgan fingerprint density at radius 3 is 2.83 bits per heavy atom. The Kier molecular flexibility index (Phi) is 2.61. The molecule has 4 heterocycles. The average Bonchev–Trinajstić information content (AvgIpc) is 3.16. The van der Waals surface area contributed by atoms with Crippen LogP contribution < -0.4 is 5.32 Å². The molecule has 0 amide bonds. The van der Waals surface area contributed by atoms with Gasteiger partial charge in [-0.25, -0.2) is 19.0 Å². The Labute approximate surface area is 132 Å². The first-order valence-corrected chi connectivity index (χ1v) is 7.78. The number of aromatic nitrogens is 6. The van der Waals surface area contributed by atoms with Gasteiger partial charge in [-0.1, -0.05) is 0 Å². The summed E-state index contributed by atoms with van der Waals surface area (Å²) in [6, 6.07) is 6.47. The molecule has 4 aromatic heterocycles. The summed E-state index contributed by atoms with van der Waals surface area (Å²) in [4.78, 5) is 8.67. The normalized spacial score (nSPS) is 15.1. The van der Waals surface area contributed by atoms with Crippen molar-refractivity contribution in [2.75, 3.05) is 5.32 Å². The minimum Gasteiger partial charge on any atom is -0.350 e. The molecule has 0 radical (unpaired) electrons. The van der Waals surface area contributed by atoms with Crippen LogP contribution >= 0.6 is 0 Å². The highest BCUT2D eigenvalue weighted by Gasteiger charge is 2.18. The van der Waals surface area contributed by atoms with Gasteiger partial charge in [-0.15, -0.1) is 5.10 Å². The number of hydrogen-bond acceptors (Lipinski definition) is 5. The highest BCUT2D eigenvalue weighted by molar-refractivity contribution is 5.78. The van der Waals surface area contributed by atoms with Crippen LogP contribution in [0.5, 0.6) is 0 Å². The van der Waals surface area contributed by atoms with Gasteiger partial charge >= 0.3 is 0 Å². The van der Waals surface area contributed by atoms with Crippen LogP contribution in [0.3, 0.4) is 0 Å². The molecule has 0 atom stereocenters. The van der Waals surface area contributed by atoms with Gasteiger partial charge < -0.3 is 5.32 Å². The quantitative estimate of drug-likeness (QED) is 0.629. The van der Waals surface area contributed by atoms with Crippen molar-refractivity contribution >= 4 is 17.1 Å². The third-order valence-electron chi connectivity index (χ3n) is 4.39. The zero-order valence-corrected chi connectivity index (χ0v) is 12.4. The molecule has 0 bridgehead atoms. The molecule has 1 aliphatic carbocycles. The summed E-state index contributed by atoms with van der Waals surface area (Å²) in [6.07, 6.45) is 11.1. The van der Waals surface area contributed by atoms with E-state index in [1.165, 1.54) is 19.3 Å². The lowest BCUT2D eigenvalue weighted by molar-refractivity contribution is 0.442. The molecule has 1 aliphatic rings. The molecule has 1 fully saturated rings. The minimum atomic E-state index is 0.521. The number of imidazole rings is 1. The molecule has 0 unspecified atom stereocenters. The molecule has 4 aromatic rings. The number of rotatable bonds is 3. The predicted molar refractivity (Wildman–Crippen MR) is 86.2 cm³/mol. The van der Waals surface area contributed by atoms with E-state index in [1.54, 1.807) is 10.7 Å². The molecular formula is C16H15N7. The largest absolute Gasteiger partial charge is 0.350 e. The monoisotopic (exact) mass is 305 g/mol. The first kappa shape index (κ1) is 12.6. The van der Waals surface area contributed by atoms with E-state index in [0.717, 1.165) is 22.4 Å². The zero-order valence-electron chi connectivity index (χ0n) is 12.4. The van der Waals surface area contributed by atoms with Gasteiger partial charge in [-0.2, -0.15) is 5.10 Å². The number of anilines is 1. The standard InChI is InChI=1S/C16H15N7/c1-2-11(3-1)19-16-18-10-14-12(6-8-22(14)21-16)13-4-5-15-17-7-9-23(15)20-13/h4-11H,1-3H2,(H,19,21). The van der Waals surface area contributed by atoms with Gasteiger partial charge in [0, 0.05) is 30.2 Å². The van der Waals surface area contributed by atoms with Crippen molar-refractivity contribution in [2.24, 2.45) is 0 Å². The van der Waals surface area contributed by atoms with Crippen LogP contribution in [0.15, 0.2) is 43.0 Å². The molecule has 1 N–H and O–H groups in total. The molecule has 5 rings (SSSR count). The third kappa shape index (κ3) is 2.04. The van der Waals surface area contributed by atoms with E-state index in [1.807, 2.05) is 41.3 Å². The van der Waals surface area contributed by atoms with Crippen molar-refractivity contribution < 1.29 is 0 Å². The second-order valence-electron chi connectivity index (χ2n) is 5.86. The molecule has 7 heteroatoms. The van der Waals surface area contributed by atoms with Crippen molar-refractivity contribution in [2.45, 2.75) is 25.3 Å². The molecule has 0 saturated heterocycles. The Morgan fingerprint density at radius 1 is 1.00 bits per heavy atom. The van der Waals surface area contributed by atoms with Crippen molar-refractivity contribution in [1.82, 2.24) is 29.2 Å². The molecule has 0 spiro atoms. The number of hydrogen-bond donors (Lipinski definition) is 1. The summed E-state index contributed by atoms with van der Waals surface area (Å²) in [5.74, 6) is 0.683. The fourth-order valence-corrected chi connectivity index (χ4v) is 2.88. The van der Waals surface area contributed by atoms with Crippen molar-refractivity contribution in [1.29, 1.82) is 0 Å². The van der Waals surface area contributed by atoms with Crippen molar-refractivity contribution in [3.63, 3.8) is 0 Å². The summed E-state index contributed by atoms with van der Waals surface area (Å²) < 4.78 is 3.62. The van der Waals surface area contributed by atoms with Crippen LogP contribution in [0.4, 0.5) is 5.95 Å². The molecular weight excluding hydrogens is 290 g/mol. The maximum absolute atomic E-state index is 4.59. The second kappa shape index (κ2) is 4.77. The van der Waals surface area contributed by atoms with Crippen LogP contribution in [0.2, 0.25) is 0 Å². The van der Waals surface area contributed by atoms with E-state index in [9.17, 15) is 0 Å². The summed E-state index contributed by atoms with van der Waals surface area (Å²) in [7, 11) is 0. The maximum Gasteiger partial charge on any atom is 0.241 e. The Bertz CT molecular complexity index is 996. The second-order valence-corrected chi connectivity index (χ2v) is 5.86. The summed E-state index contributed by atoms with van der Waals surface area (Å²) in [5, 5.41) is 12.5. The molecule has 1 saturated carbocycles. The molecule has 0 aromatic carbocycles. The van der Waals surface area contributed by atoms with E-state index in [2.05, 4.69) is 25.5 Å². The predicted octanol–water partition coefficient (Wildman–Crippen LogP) is 2.40.